The molecule has 0 saturated carbocycles. The molecule has 1 aliphatic rings. The van der Waals surface area contributed by atoms with Crippen LogP contribution in [0.15, 0.2) is 18.2 Å². The molecule has 1 aromatic rings. The van der Waals surface area contributed by atoms with Gasteiger partial charge in [0.2, 0.25) is 5.91 Å². The molecule has 25 heavy (non-hydrogen) atoms. The van der Waals surface area contributed by atoms with Crippen molar-refractivity contribution in [2.24, 2.45) is 0 Å². The van der Waals surface area contributed by atoms with E-state index in [1.54, 1.807) is 0 Å². The molecule has 2 unspecified atom stereocenters. The number of hydrogen-bond donors (Lipinski definition) is 2. The number of rotatable bonds is 8. The van der Waals surface area contributed by atoms with E-state index < -0.39 is 0 Å². The second kappa shape index (κ2) is 11.2. The molecular formula is C18H29ClN2O4. The summed E-state index contributed by atoms with van der Waals surface area (Å²) in [7, 11) is 0. The van der Waals surface area contributed by atoms with Gasteiger partial charge in [0.15, 0.2) is 11.5 Å². The van der Waals surface area contributed by atoms with Gasteiger partial charge in [-0.2, -0.15) is 0 Å². The summed E-state index contributed by atoms with van der Waals surface area (Å²) in [5, 5.41) is 6.32. The summed E-state index contributed by atoms with van der Waals surface area (Å²) in [5.74, 6) is 1.45. The van der Waals surface area contributed by atoms with Crippen molar-refractivity contribution in [3.63, 3.8) is 0 Å². The molecule has 6 nitrogen and oxygen atoms in total. The number of hydrogen-bond acceptors (Lipinski definition) is 5. The van der Waals surface area contributed by atoms with E-state index in [1.807, 2.05) is 39.0 Å². The monoisotopic (exact) mass is 372 g/mol. The van der Waals surface area contributed by atoms with Crippen molar-refractivity contribution in [2.75, 3.05) is 33.0 Å². The van der Waals surface area contributed by atoms with Crippen LogP contribution in [0, 0.1) is 0 Å². The summed E-state index contributed by atoms with van der Waals surface area (Å²) in [5.41, 5.74) is 0.989. The molecule has 0 aliphatic carbocycles. The van der Waals surface area contributed by atoms with Crippen molar-refractivity contribution in [1.29, 1.82) is 0 Å². The molecule has 2 N–H and O–H groups in total. The average Bonchev–Trinajstić information content (AvgIpc) is 2.57. The van der Waals surface area contributed by atoms with E-state index >= 15 is 0 Å². The highest BCUT2D eigenvalue weighted by Crippen LogP contribution is 2.30. The van der Waals surface area contributed by atoms with E-state index in [9.17, 15) is 4.79 Å². The molecule has 1 aliphatic heterocycles. The van der Waals surface area contributed by atoms with Crippen LogP contribution in [-0.2, 0) is 9.53 Å². The van der Waals surface area contributed by atoms with Crippen LogP contribution in [0.3, 0.4) is 0 Å². The SMILES string of the molecule is CCOc1ccc(C(C)NC(=O)CC2COCCN2)cc1OCC.Cl. The molecule has 2 atom stereocenters. The number of benzene rings is 1. The molecule has 0 radical (unpaired) electrons. The van der Waals surface area contributed by atoms with Crippen LogP contribution in [0.5, 0.6) is 11.5 Å². The van der Waals surface area contributed by atoms with Gasteiger partial charge in [0, 0.05) is 19.0 Å². The summed E-state index contributed by atoms with van der Waals surface area (Å²) in [6, 6.07) is 5.77. The molecule has 1 aromatic carbocycles. The molecule has 0 bridgehead atoms. The van der Waals surface area contributed by atoms with E-state index in [-0.39, 0.29) is 30.4 Å². The minimum absolute atomic E-state index is 0. The zero-order chi connectivity index (χ0) is 17.4. The normalized spacial score (nSPS) is 18.0. The predicted octanol–water partition coefficient (Wildman–Crippen LogP) is 2.46. The summed E-state index contributed by atoms with van der Waals surface area (Å²) in [6.45, 7) is 9.08. The van der Waals surface area contributed by atoms with Crippen molar-refractivity contribution in [3.8, 4) is 11.5 Å². The van der Waals surface area contributed by atoms with Crippen molar-refractivity contribution < 1.29 is 19.0 Å². The Bertz CT molecular complexity index is 536. The second-order valence-corrected chi connectivity index (χ2v) is 5.79. The highest BCUT2D eigenvalue weighted by Gasteiger charge is 2.19. The van der Waals surface area contributed by atoms with E-state index in [2.05, 4.69) is 10.6 Å². The lowest BCUT2D eigenvalue weighted by atomic mass is 10.1. The molecule has 0 aromatic heterocycles. The number of halogens is 1. The van der Waals surface area contributed by atoms with E-state index in [0.29, 0.717) is 38.6 Å². The number of amides is 1. The Morgan fingerprint density at radius 3 is 2.68 bits per heavy atom. The summed E-state index contributed by atoms with van der Waals surface area (Å²) in [4.78, 5) is 12.2. The lowest BCUT2D eigenvalue weighted by Gasteiger charge is -2.24. The van der Waals surface area contributed by atoms with Crippen molar-refractivity contribution in [2.45, 2.75) is 39.3 Å². The third-order valence-corrected chi connectivity index (χ3v) is 3.88. The van der Waals surface area contributed by atoms with E-state index in [0.717, 1.165) is 17.9 Å². The average molecular weight is 373 g/mol. The van der Waals surface area contributed by atoms with Crippen molar-refractivity contribution >= 4 is 18.3 Å². The zero-order valence-electron chi connectivity index (χ0n) is 15.2. The van der Waals surface area contributed by atoms with Gasteiger partial charge in [-0.25, -0.2) is 0 Å². The van der Waals surface area contributed by atoms with Gasteiger partial charge in [0.25, 0.3) is 0 Å². The third-order valence-electron chi connectivity index (χ3n) is 3.88. The Hall–Kier alpha value is -1.50. The smallest absolute Gasteiger partial charge is 0.222 e. The first-order chi connectivity index (χ1) is 11.6. The Kier molecular flexibility index (Phi) is 9.63. The summed E-state index contributed by atoms with van der Waals surface area (Å²) >= 11 is 0. The molecule has 1 fully saturated rings. The molecule has 2 rings (SSSR count). The van der Waals surface area contributed by atoms with Crippen LogP contribution in [0.2, 0.25) is 0 Å². The Morgan fingerprint density at radius 1 is 1.32 bits per heavy atom. The van der Waals surface area contributed by atoms with Crippen LogP contribution in [0.1, 0.15) is 38.8 Å². The largest absolute Gasteiger partial charge is 0.490 e. The Balaban J connectivity index is 0.00000312. The summed E-state index contributed by atoms with van der Waals surface area (Å²) in [6.07, 6.45) is 0.416. The molecular weight excluding hydrogens is 344 g/mol. The fourth-order valence-electron chi connectivity index (χ4n) is 2.70. The fraction of sp³-hybridized carbons (Fsp3) is 0.611. The topological polar surface area (TPSA) is 68.8 Å². The first kappa shape index (κ1) is 21.5. The highest BCUT2D eigenvalue weighted by atomic mass is 35.5. The van der Waals surface area contributed by atoms with Crippen LogP contribution >= 0.6 is 12.4 Å². The predicted molar refractivity (Wildman–Crippen MR) is 99.8 cm³/mol. The molecule has 0 spiro atoms. The lowest BCUT2D eigenvalue weighted by molar-refractivity contribution is -0.122. The van der Waals surface area contributed by atoms with Crippen LogP contribution in [0.4, 0.5) is 0 Å². The zero-order valence-corrected chi connectivity index (χ0v) is 16.0. The maximum Gasteiger partial charge on any atom is 0.222 e. The van der Waals surface area contributed by atoms with Gasteiger partial charge in [0.05, 0.1) is 32.5 Å². The summed E-state index contributed by atoms with van der Waals surface area (Å²) < 4.78 is 16.6. The molecule has 1 amide bonds. The number of nitrogens with one attached hydrogen (secondary N) is 2. The number of morpholine rings is 1. The molecule has 1 saturated heterocycles. The second-order valence-electron chi connectivity index (χ2n) is 5.79. The first-order valence-electron chi connectivity index (χ1n) is 8.64. The number of ether oxygens (including phenoxy) is 3. The third kappa shape index (κ3) is 6.72. The molecule has 1 heterocycles. The lowest BCUT2D eigenvalue weighted by Crippen LogP contribution is -2.44. The van der Waals surface area contributed by atoms with Gasteiger partial charge in [0.1, 0.15) is 0 Å². The Labute approximate surface area is 156 Å². The van der Waals surface area contributed by atoms with E-state index in [1.165, 1.54) is 0 Å². The standard InChI is InChI=1S/C18H28N2O4.ClH/c1-4-23-16-7-6-14(10-17(16)24-5-2)13(3)20-18(21)11-15-12-22-9-8-19-15;/h6-7,10,13,15,19H,4-5,8-9,11-12H2,1-3H3,(H,20,21);1H. The van der Waals surface area contributed by atoms with Gasteiger partial charge < -0.3 is 24.8 Å². The highest BCUT2D eigenvalue weighted by molar-refractivity contribution is 5.85. The minimum atomic E-state index is -0.100. The fourth-order valence-corrected chi connectivity index (χ4v) is 2.70. The van der Waals surface area contributed by atoms with Gasteiger partial charge in [-0.15, -0.1) is 12.4 Å². The van der Waals surface area contributed by atoms with Gasteiger partial charge in [-0.1, -0.05) is 6.07 Å². The van der Waals surface area contributed by atoms with E-state index in [4.69, 9.17) is 14.2 Å². The van der Waals surface area contributed by atoms with Crippen LogP contribution in [-0.4, -0.2) is 44.9 Å². The van der Waals surface area contributed by atoms with Crippen LogP contribution < -0.4 is 20.1 Å². The van der Waals surface area contributed by atoms with Crippen LogP contribution in [0.25, 0.3) is 0 Å². The quantitative estimate of drug-likeness (QED) is 0.733. The maximum absolute atomic E-state index is 12.2. The van der Waals surface area contributed by atoms with Gasteiger partial charge in [-0.05, 0) is 38.5 Å². The maximum atomic E-state index is 12.2. The number of carbonyl (C=O) groups excluding carboxylic acids is 1. The molecule has 142 valence electrons. The number of carbonyl (C=O) groups is 1. The molecule has 7 heteroatoms. The van der Waals surface area contributed by atoms with Gasteiger partial charge in [-0.3, -0.25) is 4.79 Å². The van der Waals surface area contributed by atoms with Crippen molar-refractivity contribution in [3.05, 3.63) is 23.8 Å². The van der Waals surface area contributed by atoms with Crippen molar-refractivity contribution in [1.82, 2.24) is 10.6 Å². The van der Waals surface area contributed by atoms with Gasteiger partial charge >= 0.3 is 0 Å². The minimum Gasteiger partial charge on any atom is -0.490 e. The Morgan fingerprint density at radius 2 is 2.04 bits per heavy atom. The first-order valence-corrected chi connectivity index (χ1v) is 8.64.